The Bertz CT molecular complexity index is 200. The first-order chi connectivity index (χ1) is 6.27. The van der Waals surface area contributed by atoms with Crippen LogP contribution in [0.4, 0.5) is 0 Å². The molecule has 2 heterocycles. The molecule has 0 aromatic carbocycles. The van der Waals surface area contributed by atoms with Gasteiger partial charge in [-0.15, -0.1) is 12.4 Å². The summed E-state index contributed by atoms with van der Waals surface area (Å²) in [6.07, 6.45) is 0. The zero-order chi connectivity index (χ0) is 9.26. The van der Waals surface area contributed by atoms with Gasteiger partial charge in [0.15, 0.2) is 0 Å². The van der Waals surface area contributed by atoms with Crippen LogP contribution in [0.1, 0.15) is 6.92 Å². The Balaban J connectivity index is 0.000000980. The summed E-state index contributed by atoms with van der Waals surface area (Å²) < 4.78 is 0. The van der Waals surface area contributed by atoms with Gasteiger partial charge in [0.25, 0.3) is 0 Å². The minimum Gasteiger partial charge on any atom is -0.340 e. The van der Waals surface area contributed by atoms with Crippen molar-refractivity contribution in [1.29, 1.82) is 0 Å². The predicted octanol–water partition coefficient (Wildman–Crippen LogP) is -0.456. The van der Waals surface area contributed by atoms with E-state index in [1.54, 1.807) is 6.92 Å². The smallest absolute Gasteiger partial charge is 0.219 e. The molecule has 0 aliphatic carbocycles. The van der Waals surface area contributed by atoms with Crippen LogP contribution in [0.2, 0.25) is 0 Å². The molecule has 1 N–H and O–H groups in total. The van der Waals surface area contributed by atoms with Gasteiger partial charge in [0, 0.05) is 52.2 Å². The third-order valence-electron chi connectivity index (χ3n) is 3.04. The molecule has 2 aliphatic heterocycles. The second-order valence-electron chi connectivity index (χ2n) is 3.85. The lowest BCUT2D eigenvalue weighted by atomic mass is 10.1. The van der Waals surface area contributed by atoms with Gasteiger partial charge in [-0.05, 0) is 0 Å². The van der Waals surface area contributed by atoms with E-state index in [-0.39, 0.29) is 18.3 Å². The van der Waals surface area contributed by atoms with Crippen LogP contribution in [-0.4, -0.2) is 61.0 Å². The average Bonchev–Trinajstić information content (AvgIpc) is 2.02. The van der Waals surface area contributed by atoms with Gasteiger partial charge in [-0.3, -0.25) is 9.69 Å². The molecule has 0 bridgehead atoms. The fourth-order valence-electron chi connectivity index (χ4n) is 1.93. The summed E-state index contributed by atoms with van der Waals surface area (Å²) in [4.78, 5) is 15.5. The maximum Gasteiger partial charge on any atom is 0.219 e. The molecule has 1 amide bonds. The molecule has 2 rings (SSSR count). The topological polar surface area (TPSA) is 35.6 Å². The molecule has 0 aromatic heterocycles. The van der Waals surface area contributed by atoms with Crippen molar-refractivity contribution in [3.8, 4) is 0 Å². The number of nitrogens with one attached hydrogen (secondary N) is 1. The van der Waals surface area contributed by atoms with Gasteiger partial charge in [0.1, 0.15) is 0 Å². The molecule has 2 fully saturated rings. The molecule has 2 saturated heterocycles. The monoisotopic (exact) mass is 219 g/mol. The van der Waals surface area contributed by atoms with Crippen LogP contribution >= 0.6 is 12.4 Å². The fraction of sp³-hybridized carbons (Fsp3) is 0.889. The second kappa shape index (κ2) is 4.96. The van der Waals surface area contributed by atoms with E-state index in [1.807, 2.05) is 4.90 Å². The zero-order valence-corrected chi connectivity index (χ0v) is 9.35. The number of carbonyl (C=O) groups is 1. The molecule has 5 heteroatoms. The van der Waals surface area contributed by atoms with Crippen molar-refractivity contribution in [2.24, 2.45) is 0 Å². The largest absolute Gasteiger partial charge is 0.340 e. The molecule has 4 nitrogen and oxygen atoms in total. The van der Waals surface area contributed by atoms with Gasteiger partial charge in [-0.25, -0.2) is 0 Å². The Labute approximate surface area is 91.0 Å². The Morgan fingerprint density at radius 2 is 1.79 bits per heavy atom. The highest BCUT2D eigenvalue weighted by Gasteiger charge is 2.27. The summed E-state index contributed by atoms with van der Waals surface area (Å²) in [6.45, 7) is 7.82. The minimum atomic E-state index is 0. The summed E-state index contributed by atoms with van der Waals surface area (Å²) >= 11 is 0. The molecule has 0 radical (unpaired) electrons. The first-order valence-corrected chi connectivity index (χ1v) is 4.97. The van der Waals surface area contributed by atoms with Gasteiger partial charge < -0.3 is 10.2 Å². The van der Waals surface area contributed by atoms with Crippen molar-refractivity contribution in [1.82, 2.24) is 15.1 Å². The van der Waals surface area contributed by atoms with E-state index in [1.165, 1.54) is 0 Å². The van der Waals surface area contributed by atoms with E-state index in [0.717, 1.165) is 45.3 Å². The average molecular weight is 220 g/mol. The lowest BCUT2D eigenvalue weighted by Crippen LogP contribution is -2.61. The number of nitrogens with zero attached hydrogens (tertiary/aromatic N) is 2. The normalized spacial score (nSPS) is 23.9. The van der Waals surface area contributed by atoms with E-state index in [2.05, 4.69) is 10.2 Å². The molecular weight excluding hydrogens is 202 g/mol. The van der Waals surface area contributed by atoms with Crippen molar-refractivity contribution >= 4 is 18.3 Å². The highest BCUT2D eigenvalue weighted by Crippen LogP contribution is 2.09. The van der Waals surface area contributed by atoms with Crippen LogP contribution < -0.4 is 5.32 Å². The summed E-state index contributed by atoms with van der Waals surface area (Å²) in [5, 5.41) is 3.27. The highest BCUT2D eigenvalue weighted by atomic mass is 35.5. The van der Waals surface area contributed by atoms with Crippen molar-refractivity contribution in [2.45, 2.75) is 13.0 Å². The molecule has 0 aromatic rings. The Morgan fingerprint density at radius 3 is 2.14 bits per heavy atom. The summed E-state index contributed by atoms with van der Waals surface area (Å²) in [5.74, 6) is 0.214. The Morgan fingerprint density at radius 1 is 1.21 bits per heavy atom. The lowest BCUT2D eigenvalue weighted by Gasteiger charge is -2.43. The molecule has 0 saturated carbocycles. The number of hydrogen-bond donors (Lipinski definition) is 1. The predicted molar refractivity (Wildman–Crippen MR) is 57.7 cm³/mol. The third kappa shape index (κ3) is 2.38. The summed E-state index contributed by atoms with van der Waals surface area (Å²) in [5.41, 5.74) is 0. The first kappa shape index (κ1) is 11.8. The summed E-state index contributed by atoms with van der Waals surface area (Å²) in [6, 6.07) is 0.731. The van der Waals surface area contributed by atoms with E-state index in [4.69, 9.17) is 0 Å². The molecule has 0 atom stereocenters. The number of piperazine rings is 1. The van der Waals surface area contributed by atoms with Crippen molar-refractivity contribution in [3.63, 3.8) is 0 Å². The van der Waals surface area contributed by atoms with E-state index >= 15 is 0 Å². The minimum absolute atomic E-state index is 0. The van der Waals surface area contributed by atoms with Crippen molar-refractivity contribution in [3.05, 3.63) is 0 Å². The number of amides is 1. The van der Waals surface area contributed by atoms with Crippen LogP contribution in [0.5, 0.6) is 0 Å². The number of halogens is 1. The first-order valence-electron chi connectivity index (χ1n) is 4.97. The van der Waals surface area contributed by atoms with E-state index < -0.39 is 0 Å². The summed E-state index contributed by atoms with van der Waals surface area (Å²) in [7, 11) is 0. The Kier molecular flexibility index (Phi) is 4.16. The third-order valence-corrected chi connectivity index (χ3v) is 3.04. The molecular formula is C9H18ClN3O. The number of hydrogen-bond acceptors (Lipinski definition) is 3. The zero-order valence-electron chi connectivity index (χ0n) is 8.53. The van der Waals surface area contributed by atoms with Crippen LogP contribution in [-0.2, 0) is 4.79 Å². The van der Waals surface area contributed by atoms with Crippen LogP contribution in [0.15, 0.2) is 0 Å². The maximum absolute atomic E-state index is 11.1. The molecule has 2 aliphatic rings. The highest BCUT2D eigenvalue weighted by molar-refractivity contribution is 5.85. The van der Waals surface area contributed by atoms with Gasteiger partial charge in [-0.2, -0.15) is 0 Å². The van der Waals surface area contributed by atoms with Crippen LogP contribution in [0.25, 0.3) is 0 Å². The van der Waals surface area contributed by atoms with Crippen LogP contribution in [0, 0.1) is 0 Å². The van der Waals surface area contributed by atoms with E-state index in [9.17, 15) is 4.79 Å². The SMILES string of the molecule is CC(=O)N1CCN(C2CNC2)CC1.Cl. The number of carbonyl (C=O) groups excluding carboxylic acids is 1. The molecule has 82 valence electrons. The van der Waals surface area contributed by atoms with Gasteiger partial charge in [0.05, 0.1) is 0 Å². The lowest BCUT2D eigenvalue weighted by molar-refractivity contribution is -0.131. The quantitative estimate of drug-likeness (QED) is 0.649. The number of rotatable bonds is 1. The standard InChI is InChI=1S/C9H17N3O.ClH/c1-8(13)11-2-4-12(5-3-11)9-6-10-7-9;/h9-10H,2-7H2,1H3;1H. The fourth-order valence-corrected chi connectivity index (χ4v) is 1.93. The van der Waals surface area contributed by atoms with E-state index in [0.29, 0.717) is 0 Å². The maximum atomic E-state index is 11.1. The van der Waals surface area contributed by atoms with Crippen LogP contribution in [0.3, 0.4) is 0 Å². The Hall–Kier alpha value is -0.320. The molecule has 0 unspecified atom stereocenters. The van der Waals surface area contributed by atoms with Gasteiger partial charge in [0.2, 0.25) is 5.91 Å². The van der Waals surface area contributed by atoms with Gasteiger partial charge >= 0.3 is 0 Å². The van der Waals surface area contributed by atoms with Crippen molar-refractivity contribution < 1.29 is 4.79 Å². The molecule has 14 heavy (non-hydrogen) atoms. The molecule has 0 spiro atoms. The van der Waals surface area contributed by atoms with Crippen molar-refractivity contribution in [2.75, 3.05) is 39.3 Å². The van der Waals surface area contributed by atoms with Gasteiger partial charge in [-0.1, -0.05) is 0 Å². The second-order valence-corrected chi connectivity index (χ2v) is 3.85.